The van der Waals surface area contributed by atoms with Gasteiger partial charge in [0.1, 0.15) is 0 Å². The quantitative estimate of drug-likeness (QED) is 0.765. The highest BCUT2D eigenvalue weighted by molar-refractivity contribution is 9.09. The molecule has 17 heavy (non-hydrogen) atoms. The van der Waals surface area contributed by atoms with Gasteiger partial charge in [-0.1, -0.05) is 33.6 Å². The van der Waals surface area contributed by atoms with E-state index in [0.717, 1.165) is 30.4 Å². The predicted octanol–water partition coefficient (Wildman–Crippen LogP) is 3.51. The lowest BCUT2D eigenvalue weighted by molar-refractivity contribution is 0.0788. The van der Waals surface area contributed by atoms with Gasteiger partial charge in [0.05, 0.1) is 0 Å². The molecule has 1 heterocycles. The van der Waals surface area contributed by atoms with Crippen LogP contribution in [0.25, 0.3) is 0 Å². The number of aryl methyl sites for hydroxylation is 1. The molecule has 2 rings (SSSR count). The topological polar surface area (TPSA) is 20.3 Å². The maximum absolute atomic E-state index is 12.2. The number of carbonyl (C=O) groups is 1. The number of rotatable bonds is 2. The summed E-state index contributed by atoms with van der Waals surface area (Å²) in [5, 5.41) is 1.62. The lowest BCUT2D eigenvalue weighted by Crippen LogP contribution is -2.28. The third-order valence-electron chi connectivity index (χ3n) is 3.21. The Morgan fingerprint density at radius 3 is 2.94 bits per heavy atom. The summed E-state index contributed by atoms with van der Waals surface area (Å²) in [5.74, 6) is 0.676. The lowest BCUT2D eigenvalue weighted by atomic mass is 10.1. The van der Waals surface area contributed by atoms with Crippen molar-refractivity contribution in [1.29, 1.82) is 0 Å². The highest BCUT2D eigenvalue weighted by Crippen LogP contribution is 2.22. The van der Waals surface area contributed by atoms with E-state index >= 15 is 0 Å². The van der Waals surface area contributed by atoms with Crippen molar-refractivity contribution in [3.8, 4) is 0 Å². The zero-order chi connectivity index (χ0) is 12.4. The first-order chi connectivity index (χ1) is 8.11. The van der Waals surface area contributed by atoms with Gasteiger partial charge in [0.25, 0.3) is 5.91 Å². The van der Waals surface area contributed by atoms with E-state index < -0.39 is 0 Å². The first kappa shape index (κ1) is 12.9. The number of alkyl halides is 1. The first-order valence-corrected chi connectivity index (χ1v) is 7.23. The van der Waals surface area contributed by atoms with Crippen molar-refractivity contribution in [2.75, 3.05) is 18.4 Å². The Hall–Kier alpha value is -0.540. The predicted molar refractivity (Wildman–Crippen MR) is 74.0 cm³/mol. The normalized spacial score (nSPS) is 19.7. The van der Waals surface area contributed by atoms with Crippen LogP contribution in [-0.4, -0.2) is 29.2 Å². The van der Waals surface area contributed by atoms with Gasteiger partial charge in [-0.15, -0.1) is 0 Å². The van der Waals surface area contributed by atoms with Crippen LogP contribution in [0.5, 0.6) is 0 Å². The van der Waals surface area contributed by atoms with Crippen LogP contribution in [0.2, 0.25) is 5.02 Å². The van der Waals surface area contributed by atoms with Crippen LogP contribution in [0.15, 0.2) is 18.2 Å². The summed E-state index contributed by atoms with van der Waals surface area (Å²) in [7, 11) is 0. The minimum atomic E-state index is 0.0929. The summed E-state index contributed by atoms with van der Waals surface area (Å²) in [4.78, 5) is 14.1. The highest BCUT2D eigenvalue weighted by atomic mass is 79.9. The van der Waals surface area contributed by atoms with Gasteiger partial charge in [0.2, 0.25) is 0 Å². The largest absolute Gasteiger partial charge is 0.338 e. The van der Waals surface area contributed by atoms with E-state index in [1.165, 1.54) is 0 Å². The number of halogens is 2. The van der Waals surface area contributed by atoms with E-state index in [4.69, 9.17) is 11.6 Å². The van der Waals surface area contributed by atoms with Crippen LogP contribution in [0.1, 0.15) is 22.3 Å². The van der Waals surface area contributed by atoms with Crippen molar-refractivity contribution in [1.82, 2.24) is 4.90 Å². The Morgan fingerprint density at radius 1 is 1.59 bits per heavy atom. The zero-order valence-electron chi connectivity index (χ0n) is 9.75. The number of nitrogens with zero attached hydrogens (tertiary/aromatic N) is 1. The molecule has 0 bridgehead atoms. The van der Waals surface area contributed by atoms with Gasteiger partial charge < -0.3 is 4.90 Å². The molecule has 0 N–H and O–H groups in total. The highest BCUT2D eigenvalue weighted by Gasteiger charge is 2.26. The van der Waals surface area contributed by atoms with E-state index in [1.54, 1.807) is 6.07 Å². The first-order valence-electron chi connectivity index (χ1n) is 5.73. The Labute approximate surface area is 115 Å². The van der Waals surface area contributed by atoms with Gasteiger partial charge in [-0.25, -0.2) is 0 Å². The van der Waals surface area contributed by atoms with Gasteiger partial charge in [0.15, 0.2) is 0 Å². The third-order valence-corrected chi connectivity index (χ3v) is 4.53. The smallest absolute Gasteiger partial charge is 0.253 e. The minimum Gasteiger partial charge on any atom is -0.338 e. The van der Waals surface area contributed by atoms with Crippen molar-refractivity contribution >= 4 is 33.4 Å². The maximum Gasteiger partial charge on any atom is 0.253 e. The van der Waals surface area contributed by atoms with Gasteiger partial charge in [-0.2, -0.15) is 0 Å². The molecule has 0 aliphatic carbocycles. The molecule has 1 unspecified atom stereocenters. The molecular formula is C13H15BrClNO. The Morgan fingerprint density at radius 2 is 2.35 bits per heavy atom. The summed E-state index contributed by atoms with van der Waals surface area (Å²) in [6.45, 7) is 3.63. The minimum absolute atomic E-state index is 0.0929. The van der Waals surface area contributed by atoms with Crippen LogP contribution in [0.4, 0.5) is 0 Å². The number of hydrogen-bond acceptors (Lipinski definition) is 1. The number of carbonyl (C=O) groups excluding carboxylic acids is 1. The van der Waals surface area contributed by atoms with Crippen molar-refractivity contribution in [3.05, 3.63) is 34.3 Å². The fourth-order valence-corrected chi connectivity index (χ4v) is 2.76. The van der Waals surface area contributed by atoms with Crippen LogP contribution < -0.4 is 0 Å². The molecular weight excluding hydrogens is 302 g/mol. The molecule has 1 aliphatic heterocycles. The lowest BCUT2D eigenvalue weighted by Gasteiger charge is -2.16. The van der Waals surface area contributed by atoms with Crippen molar-refractivity contribution < 1.29 is 4.79 Å². The molecule has 1 aromatic carbocycles. The van der Waals surface area contributed by atoms with E-state index in [2.05, 4.69) is 15.9 Å². The average molecular weight is 317 g/mol. The summed E-state index contributed by atoms with van der Waals surface area (Å²) < 4.78 is 0. The summed E-state index contributed by atoms with van der Waals surface area (Å²) in [5.41, 5.74) is 1.69. The fraction of sp³-hybridized carbons (Fsp3) is 0.462. The Kier molecular flexibility index (Phi) is 4.10. The second-order valence-electron chi connectivity index (χ2n) is 4.52. The van der Waals surface area contributed by atoms with Crippen LogP contribution >= 0.6 is 27.5 Å². The van der Waals surface area contributed by atoms with E-state index in [9.17, 15) is 4.79 Å². The molecule has 1 fully saturated rings. The molecule has 0 aromatic heterocycles. The van der Waals surface area contributed by atoms with E-state index in [0.29, 0.717) is 16.5 Å². The van der Waals surface area contributed by atoms with Crippen molar-refractivity contribution in [3.63, 3.8) is 0 Å². The second-order valence-corrected chi connectivity index (χ2v) is 5.58. The van der Waals surface area contributed by atoms with Crippen molar-refractivity contribution in [2.24, 2.45) is 5.92 Å². The monoisotopic (exact) mass is 315 g/mol. The van der Waals surface area contributed by atoms with Gasteiger partial charge in [-0.05, 0) is 37.0 Å². The average Bonchev–Trinajstić information content (AvgIpc) is 2.80. The summed E-state index contributed by atoms with van der Waals surface area (Å²) in [6, 6.07) is 5.51. The molecule has 0 radical (unpaired) electrons. The third kappa shape index (κ3) is 2.83. The van der Waals surface area contributed by atoms with Crippen molar-refractivity contribution in [2.45, 2.75) is 13.3 Å². The molecule has 4 heteroatoms. The molecule has 1 aliphatic rings. The van der Waals surface area contributed by atoms with E-state index in [-0.39, 0.29) is 5.91 Å². The van der Waals surface area contributed by atoms with Crippen LogP contribution in [0.3, 0.4) is 0 Å². The maximum atomic E-state index is 12.2. The number of benzene rings is 1. The number of amides is 1. The van der Waals surface area contributed by atoms with Gasteiger partial charge in [0, 0.05) is 29.0 Å². The molecule has 2 nitrogen and oxygen atoms in total. The van der Waals surface area contributed by atoms with Gasteiger partial charge in [-0.3, -0.25) is 4.79 Å². The second kappa shape index (κ2) is 5.40. The zero-order valence-corrected chi connectivity index (χ0v) is 12.1. The molecule has 0 spiro atoms. The molecule has 0 saturated carbocycles. The SMILES string of the molecule is Cc1ccc(C(=O)N2CCC(CBr)C2)cc1Cl. The fourth-order valence-electron chi connectivity index (χ4n) is 2.05. The van der Waals surface area contributed by atoms with E-state index in [1.807, 2.05) is 24.0 Å². The molecule has 1 saturated heterocycles. The standard InChI is InChI=1S/C13H15BrClNO/c1-9-2-3-11(6-12(9)15)13(17)16-5-4-10(7-14)8-16/h2-3,6,10H,4-5,7-8H2,1H3. The Balaban J connectivity index is 2.12. The number of hydrogen-bond donors (Lipinski definition) is 0. The van der Waals surface area contributed by atoms with Crippen LogP contribution in [-0.2, 0) is 0 Å². The molecule has 92 valence electrons. The molecule has 1 aromatic rings. The molecule has 1 atom stereocenters. The summed E-state index contributed by atoms with van der Waals surface area (Å²) >= 11 is 9.51. The number of likely N-dealkylation sites (tertiary alicyclic amines) is 1. The van der Waals surface area contributed by atoms with Crippen LogP contribution in [0, 0.1) is 12.8 Å². The summed E-state index contributed by atoms with van der Waals surface area (Å²) in [6.07, 6.45) is 1.08. The molecule has 1 amide bonds. The Bertz CT molecular complexity index is 435. The van der Waals surface area contributed by atoms with Gasteiger partial charge >= 0.3 is 0 Å².